The largest absolute Gasteiger partial charge is 0.385 e. The first-order chi connectivity index (χ1) is 7.58. The molecule has 2 rings (SSSR count). The van der Waals surface area contributed by atoms with Crippen molar-refractivity contribution in [2.45, 2.75) is 6.92 Å². The van der Waals surface area contributed by atoms with Crippen LogP contribution in [-0.4, -0.2) is 9.55 Å². The third-order valence-corrected chi connectivity index (χ3v) is 2.26. The van der Waals surface area contributed by atoms with Crippen molar-refractivity contribution in [2.24, 2.45) is 0 Å². The van der Waals surface area contributed by atoms with Crippen LogP contribution in [0.3, 0.4) is 0 Å². The summed E-state index contributed by atoms with van der Waals surface area (Å²) in [5.74, 6) is 0.123. The molecule has 0 atom stereocenters. The highest BCUT2D eigenvalue weighted by Gasteiger charge is 2.04. The Balaban J connectivity index is 2.69. The van der Waals surface area contributed by atoms with Crippen molar-refractivity contribution < 1.29 is 0 Å². The molecule has 0 radical (unpaired) electrons. The first kappa shape index (κ1) is 10.2. The van der Waals surface area contributed by atoms with Gasteiger partial charge in [-0.3, -0.25) is 9.78 Å². The normalized spacial score (nSPS) is 10.3. The number of anilines is 1. The number of rotatable bonds is 1. The van der Waals surface area contributed by atoms with Crippen molar-refractivity contribution in [1.29, 1.82) is 0 Å². The lowest BCUT2D eigenvalue weighted by molar-refractivity contribution is 0.908. The number of hydrogen-bond acceptors (Lipinski definition) is 3. The van der Waals surface area contributed by atoms with Gasteiger partial charge >= 0.3 is 5.69 Å². The number of nitrogen functional groups attached to an aromatic ring is 1. The Bertz CT molecular complexity index is 623. The summed E-state index contributed by atoms with van der Waals surface area (Å²) in [5.41, 5.74) is 6.32. The van der Waals surface area contributed by atoms with Gasteiger partial charge in [-0.05, 0) is 19.1 Å². The smallest absolute Gasteiger partial charge is 0.334 e. The molecule has 0 aliphatic heterocycles. The van der Waals surface area contributed by atoms with Gasteiger partial charge in [-0.2, -0.15) is 0 Å². The van der Waals surface area contributed by atoms with Gasteiger partial charge in [0, 0.05) is 6.07 Å². The monoisotopic (exact) mass is 217 g/mol. The molecule has 1 aromatic carbocycles. The molecule has 0 fully saturated rings. The number of aromatic nitrogens is 2. The van der Waals surface area contributed by atoms with Gasteiger partial charge in [0.2, 0.25) is 0 Å². The van der Waals surface area contributed by atoms with E-state index in [-0.39, 0.29) is 5.82 Å². The topological polar surface area (TPSA) is 80.9 Å². The van der Waals surface area contributed by atoms with E-state index in [1.807, 2.05) is 19.1 Å². The lowest BCUT2D eigenvalue weighted by atomic mass is 10.2. The summed E-state index contributed by atoms with van der Waals surface area (Å²) in [4.78, 5) is 24.7. The van der Waals surface area contributed by atoms with Crippen molar-refractivity contribution in [3.8, 4) is 5.69 Å². The Hall–Kier alpha value is -2.30. The SMILES string of the molecule is Cc1ccc(-n2c(N)cc(=O)[nH]c2=O)cc1. The fraction of sp³-hybridized carbons (Fsp3) is 0.0909. The van der Waals surface area contributed by atoms with Crippen LogP contribution in [0.1, 0.15) is 5.56 Å². The number of nitrogens with two attached hydrogens (primary N) is 1. The Morgan fingerprint density at radius 2 is 1.81 bits per heavy atom. The molecule has 0 aliphatic rings. The van der Waals surface area contributed by atoms with Gasteiger partial charge in [-0.15, -0.1) is 0 Å². The van der Waals surface area contributed by atoms with Gasteiger partial charge < -0.3 is 5.73 Å². The maximum Gasteiger partial charge on any atom is 0.334 e. The van der Waals surface area contributed by atoms with E-state index in [1.165, 1.54) is 10.6 Å². The van der Waals surface area contributed by atoms with Crippen LogP contribution in [0.4, 0.5) is 5.82 Å². The Kier molecular flexibility index (Phi) is 2.36. The third-order valence-electron chi connectivity index (χ3n) is 2.26. The Labute approximate surface area is 91.2 Å². The molecule has 0 amide bonds. The fourth-order valence-electron chi connectivity index (χ4n) is 1.47. The maximum absolute atomic E-state index is 11.6. The van der Waals surface area contributed by atoms with E-state index >= 15 is 0 Å². The zero-order valence-electron chi connectivity index (χ0n) is 8.73. The van der Waals surface area contributed by atoms with E-state index in [1.54, 1.807) is 12.1 Å². The molecule has 0 spiro atoms. The van der Waals surface area contributed by atoms with Gasteiger partial charge in [-0.1, -0.05) is 17.7 Å². The number of H-pyrrole nitrogens is 1. The highest BCUT2D eigenvalue weighted by molar-refractivity contribution is 5.42. The van der Waals surface area contributed by atoms with Crippen molar-refractivity contribution in [1.82, 2.24) is 9.55 Å². The van der Waals surface area contributed by atoms with Crippen LogP contribution in [0.15, 0.2) is 39.9 Å². The summed E-state index contributed by atoms with van der Waals surface area (Å²) in [5, 5.41) is 0. The molecule has 1 aromatic heterocycles. The minimum atomic E-state index is -0.533. The van der Waals surface area contributed by atoms with Crippen LogP contribution in [0.25, 0.3) is 5.69 Å². The van der Waals surface area contributed by atoms with Gasteiger partial charge in [-0.25, -0.2) is 9.36 Å². The second-order valence-corrected chi connectivity index (χ2v) is 3.53. The van der Waals surface area contributed by atoms with Crippen LogP contribution < -0.4 is 17.0 Å². The van der Waals surface area contributed by atoms with Crippen molar-refractivity contribution in [3.63, 3.8) is 0 Å². The molecular formula is C11H11N3O2. The number of aromatic amines is 1. The third kappa shape index (κ3) is 1.75. The van der Waals surface area contributed by atoms with Crippen LogP contribution in [0.5, 0.6) is 0 Å². The molecule has 16 heavy (non-hydrogen) atoms. The average Bonchev–Trinajstić information content (AvgIpc) is 2.19. The summed E-state index contributed by atoms with van der Waals surface area (Å²) in [7, 11) is 0. The molecule has 0 bridgehead atoms. The minimum absolute atomic E-state index is 0.123. The van der Waals surface area contributed by atoms with E-state index in [0.717, 1.165) is 5.56 Å². The molecule has 1 heterocycles. The first-order valence-corrected chi connectivity index (χ1v) is 4.77. The molecule has 0 saturated heterocycles. The second kappa shape index (κ2) is 3.69. The summed E-state index contributed by atoms with van der Waals surface area (Å²) in [6, 6.07) is 8.46. The predicted molar refractivity (Wildman–Crippen MR) is 61.8 cm³/mol. The first-order valence-electron chi connectivity index (χ1n) is 4.77. The van der Waals surface area contributed by atoms with Gasteiger partial charge in [0.1, 0.15) is 5.82 Å². The molecular weight excluding hydrogens is 206 g/mol. The summed E-state index contributed by atoms with van der Waals surface area (Å²) < 4.78 is 1.25. The van der Waals surface area contributed by atoms with E-state index in [0.29, 0.717) is 5.69 Å². The van der Waals surface area contributed by atoms with Gasteiger partial charge in [0.15, 0.2) is 0 Å². The quantitative estimate of drug-likeness (QED) is 0.726. The highest BCUT2D eigenvalue weighted by atomic mass is 16.2. The lowest BCUT2D eigenvalue weighted by Crippen LogP contribution is -2.30. The predicted octanol–water partition coefficient (Wildman–Crippen LogP) is 0.416. The molecule has 3 N–H and O–H groups in total. The molecule has 5 heteroatoms. The van der Waals surface area contributed by atoms with Gasteiger partial charge in [0.25, 0.3) is 5.56 Å². The van der Waals surface area contributed by atoms with E-state index in [9.17, 15) is 9.59 Å². The Morgan fingerprint density at radius 1 is 1.19 bits per heavy atom. The number of aryl methyl sites for hydroxylation is 1. The number of hydrogen-bond donors (Lipinski definition) is 2. The summed E-state index contributed by atoms with van der Waals surface area (Å²) in [6.45, 7) is 1.95. The van der Waals surface area contributed by atoms with E-state index < -0.39 is 11.2 Å². The Morgan fingerprint density at radius 3 is 2.38 bits per heavy atom. The van der Waals surface area contributed by atoms with E-state index in [4.69, 9.17) is 5.73 Å². The van der Waals surface area contributed by atoms with Crippen molar-refractivity contribution in [3.05, 3.63) is 56.7 Å². The van der Waals surface area contributed by atoms with E-state index in [2.05, 4.69) is 4.98 Å². The zero-order valence-corrected chi connectivity index (χ0v) is 8.73. The summed E-state index contributed by atoms with van der Waals surface area (Å²) >= 11 is 0. The van der Waals surface area contributed by atoms with Crippen LogP contribution >= 0.6 is 0 Å². The van der Waals surface area contributed by atoms with Crippen LogP contribution in [0.2, 0.25) is 0 Å². The van der Waals surface area contributed by atoms with Gasteiger partial charge in [0.05, 0.1) is 5.69 Å². The lowest BCUT2D eigenvalue weighted by Gasteiger charge is -2.08. The molecule has 82 valence electrons. The molecule has 2 aromatic rings. The molecule has 0 aliphatic carbocycles. The zero-order chi connectivity index (χ0) is 11.7. The highest BCUT2D eigenvalue weighted by Crippen LogP contribution is 2.09. The molecule has 0 unspecified atom stereocenters. The maximum atomic E-state index is 11.6. The molecule has 5 nitrogen and oxygen atoms in total. The molecule has 0 saturated carbocycles. The van der Waals surface area contributed by atoms with Crippen LogP contribution in [0, 0.1) is 6.92 Å². The number of nitrogens with one attached hydrogen (secondary N) is 1. The number of benzene rings is 1. The summed E-state index contributed by atoms with van der Waals surface area (Å²) in [6.07, 6.45) is 0. The standard InChI is InChI=1S/C11H11N3O2/c1-7-2-4-8(5-3-7)14-9(12)6-10(15)13-11(14)16/h2-6H,12H2,1H3,(H,13,15,16). The van der Waals surface area contributed by atoms with Crippen molar-refractivity contribution in [2.75, 3.05) is 5.73 Å². The number of nitrogens with zero attached hydrogens (tertiary/aromatic N) is 1. The average molecular weight is 217 g/mol. The second-order valence-electron chi connectivity index (χ2n) is 3.53. The van der Waals surface area contributed by atoms with Crippen LogP contribution in [-0.2, 0) is 0 Å². The minimum Gasteiger partial charge on any atom is -0.385 e. The fourth-order valence-corrected chi connectivity index (χ4v) is 1.47. The van der Waals surface area contributed by atoms with Crippen molar-refractivity contribution >= 4 is 5.82 Å².